The molecule has 3 N–H and O–H groups in total. The number of hydrogen-bond donors (Lipinski definition) is 2. The Hall–Kier alpha value is -1.35. The van der Waals surface area contributed by atoms with E-state index in [4.69, 9.17) is 5.73 Å². The van der Waals surface area contributed by atoms with Crippen molar-refractivity contribution in [2.75, 3.05) is 0 Å². The number of carbonyl (C=O) groups excluding carboxylic acids is 1. The molecule has 2 rings (SSSR count). The maximum absolute atomic E-state index is 12.2. The van der Waals surface area contributed by atoms with Crippen molar-refractivity contribution in [1.29, 1.82) is 0 Å². The Morgan fingerprint density at radius 1 is 1.05 bits per heavy atom. The summed E-state index contributed by atoms with van der Waals surface area (Å²) in [5, 5.41) is 3.49. The molecule has 0 aliphatic heterocycles. The lowest BCUT2D eigenvalue weighted by molar-refractivity contribution is -0.130. The molecule has 3 heteroatoms. The summed E-state index contributed by atoms with van der Waals surface area (Å²) in [7, 11) is 0. The van der Waals surface area contributed by atoms with E-state index in [1.807, 2.05) is 18.2 Å². The van der Waals surface area contributed by atoms with E-state index in [-0.39, 0.29) is 16.7 Å². The highest BCUT2D eigenvalue weighted by Gasteiger charge is 2.50. The number of nitrogens with one attached hydrogen (secondary N) is 1. The summed E-state index contributed by atoms with van der Waals surface area (Å²) in [5.74, 6) is -0.223. The van der Waals surface area contributed by atoms with Crippen LogP contribution in [0.2, 0.25) is 0 Å². The van der Waals surface area contributed by atoms with Gasteiger partial charge in [-0.1, -0.05) is 58.0 Å². The van der Waals surface area contributed by atoms with Crippen molar-refractivity contribution in [3.63, 3.8) is 0 Å². The van der Waals surface area contributed by atoms with Gasteiger partial charge >= 0.3 is 0 Å². The van der Waals surface area contributed by atoms with Crippen LogP contribution in [0.5, 0.6) is 0 Å². The van der Waals surface area contributed by atoms with Gasteiger partial charge in [-0.15, -0.1) is 0 Å². The highest BCUT2D eigenvalue weighted by Crippen LogP contribution is 2.50. The molecule has 116 valence electrons. The topological polar surface area (TPSA) is 55.1 Å². The molecule has 0 saturated heterocycles. The van der Waals surface area contributed by atoms with E-state index in [0.29, 0.717) is 6.54 Å². The highest BCUT2D eigenvalue weighted by atomic mass is 16.1. The highest BCUT2D eigenvalue weighted by molar-refractivity contribution is 5.85. The molecule has 1 aromatic carbocycles. The van der Waals surface area contributed by atoms with Gasteiger partial charge in [0.25, 0.3) is 0 Å². The van der Waals surface area contributed by atoms with Crippen LogP contribution in [-0.4, -0.2) is 11.4 Å². The van der Waals surface area contributed by atoms with Crippen molar-refractivity contribution in [3.8, 4) is 0 Å². The first-order valence-corrected chi connectivity index (χ1v) is 7.73. The number of primary amides is 1. The van der Waals surface area contributed by atoms with E-state index < -0.39 is 5.54 Å². The molecule has 1 aliphatic carbocycles. The van der Waals surface area contributed by atoms with Crippen LogP contribution in [0.4, 0.5) is 0 Å². The third kappa shape index (κ3) is 3.85. The Bertz CT molecular complexity index is 489. The molecule has 0 atom stereocenters. The molecule has 0 heterocycles. The van der Waals surface area contributed by atoms with Gasteiger partial charge in [-0.25, -0.2) is 0 Å². The monoisotopic (exact) mass is 288 g/mol. The summed E-state index contributed by atoms with van der Waals surface area (Å²) < 4.78 is 0. The smallest absolute Gasteiger partial charge is 0.237 e. The van der Waals surface area contributed by atoms with Gasteiger partial charge < -0.3 is 5.73 Å². The Morgan fingerprint density at radius 2 is 1.57 bits per heavy atom. The first kappa shape index (κ1) is 16.0. The molecule has 0 bridgehead atoms. The minimum atomic E-state index is -0.610. The van der Waals surface area contributed by atoms with Crippen LogP contribution in [-0.2, 0) is 11.3 Å². The number of hydrogen-bond acceptors (Lipinski definition) is 2. The minimum absolute atomic E-state index is 0.112. The van der Waals surface area contributed by atoms with E-state index in [2.05, 4.69) is 45.1 Å². The molecule has 1 saturated carbocycles. The van der Waals surface area contributed by atoms with Crippen LogP contribution in [0.1, 0.15) is 52.5 Å². The molecule has 0 radical (unpaired) electrons. The lowest BCUT2D eigenvalue weighted by Gasteiger charge is -2.51. The van der Waals surface area contributed by atoms with Crippen LogP contribution in [0, 0.1) is 10.8 Å². The van der Waals surface area contributed by atoms with Gasteiger partial charge in [-0.05, 0) is 35.7 Å². The molecule has 3 nitrogen and oxygen atoms in total. The summed E-state index contributed by atoms with van der Waals surface area (Å²) in [5.41, 5.74) is 6.60. The SMILES string of the molecule is CC1(C)CC(C)(C)CC(NCc2ccccc2)(C(N)=O)C1. The summed E-state index contributed by atoms with van der Waals surface area (Å²) in [6.07, 6.45) is 2.71. The van der Waals surface area contributed by atoms with Gasteiger partial charge in [0.1, 0.15) is 0 Å². The van der Waals surface area contributed by atoms with E-state index in [0.717, 1.165) is 19.3 Å². The first-order chi connectivity index (χ1) is 9.64. The molecule has 0 spiro atoms. The van der Waals surface area contributed by atoms with Gasteiger partial charge in [0, 0.05) is 6.54 Å². The third-order valence-electron chi connectivity index (χ3n) is 4.46. The molecular formula is C18H28N2O. The standard InChI is InChI=1S/C18H28N2O/c1-16(2)11-17(3,4)13-18(12-16,15(19)21)20-10-14-8-6-5-7-9-14/h5-9,20H,10-13H2,1-4H3,(H2,19,21). The van der Waals surface area contributed by atoms with Gasteiger partial charge in [0.2, 0.25) is 5.91 Å². The van der Waals surface area contributed by atoms with E-state index >= 15 is 0 Å². The van der Waals surface area contributed by atoms with Crippen LogP contribution < -0.4 is 11.1 Å². The van der Waals surface area contributed by atoms with Crippen molar-refractivity contribution < 1.29 is 4.79 Å². The Morgan fingerprint density at radius 3 is 2.05 bits per heavy atom. The van der Waals surface area contributed by atoms with Gasteiger partial charge in [-0.2, -0.15) is 0 Å². The second kappa shape index (κ2) is 5.45. The largest absolute Gasteiger partial charge is 0.368 e. The average molecular weight is 288 g/mol. The number of carbonyl (C=O) groups is 1. The number of nitrogens with two attached hydrogens (primary N) is 1. The fourth-order valence-corrected chi connectivity index (χ4v) is 4.37. The van der Waals surface area contributed by atoms with Crippen LogP contribution >= 0.6 is 0 Å². The molecule has 1 fully saturated rings. The molecule has 1 amide bonds. The van der Waals surface area contributed by atoms with Crippen LogP contribution in [0.15, 0.2) is 30.3 Å². The van der Waals surface area contributed by atoms with Gasteiger partial charge in [-0.3, -0.25) is 10.1 Å². The number of rotatable bonds is 4. The van der Waals surface area contributed by atoms with Crippen molar-refractivity contribution in [2.45, 2.75) is 59.0 Å². The zero-order valence-electron chi connectivity index (χ0n) is 13.7. The minimum Gasteiger partial charge on any atom is -0.368 e. The third-order valence-corrected chi connectivity index (χ3v) is 4.46. The summed E-state index contributed by atoms with van der Waals surface area (Å²) in [4.78, 5) is 12.2. The fraction of sp³-hybridized carbons (Fsp3) is 0.611. The van der Waals surface area contributed by atoms with Crippen molar-refractivity contribution in [2.24, 2.45) is 16.6 Å². The quantitative estimate of drug-likeness (QED) is 0.893. The van der Waals surface area contributed by atoms with Crippen LogP contribution in [0.3, 0.4) is 0 Å². The van der Waals surface area contributed by atoms with Crippen molar-refractivity contribution in [1.82, 2.24) is 5.32 Å². The Balaban J connectivity index is 2.22. The molecule has 21 heavy (non-hydrogen) atoms. The summed E-state index contributed by atoms with van der Waals surface area (Å²) in [6, 6.07) is 10.2. The summed E-state index contributed by atoms with van der Waals surface area (Å²) in [6.45, 7) is 9.60. The van der Waals surface area contributed by atoms with Crippen molar-refractivity contribution in [3.05, 3.63) is 35.9 Å². The first-order valence-electron chi connectivity index (χ1n) is 7.73. The predicted octanol–water partition coefficient (Wildman–Crippen LogP) is 3.24. The second-order valence-electron chi connectivity index (χ2n) is 8.14. The molecule has 0 unspecified atom stereocenters. The maximum atomic E-state index is 12.2. The predicted molar refractivity (Wildman–Crippen MR) is 86.6 cm³/mol. The fourth-order valence-electron chi connectivity index (χ4n) is 4.37. The van der Waals surface area contributed by atoms with Crippen molar-refractivity contribution >= 4 is 5.91 Å². The van der Waals surface area contributed by atoms with Gasteiger partial charge in [0.05, 0.1) is 5.54 Å². The molecule has 0 aromatic heterocycles. The zero-order valence-corrected chi connectivity index (χ0v) is 13.7. The van der Waals surface area contributed by atoms with E-state index in [9.17, 15) is 4.79 Å². The molecule has 1 aromatic rings. The maximum Gasteiger partial charge on any atom is 0.237 e. The Kier molecular flexibility index (Phi) is 4.16. The second-order valence-corrected chi connectivity index (χ2v) is 8.14. The molecular weight excluding hydrogens is 260 g/mol. The van der Waals surface area contributed by atoms with E-state index in [1.54, 1.807) is 0 Å². The number of benzene rings is 1. The van der Waals surface area contributed by atoms with Gasteiger partial charge in [0.15, 0.2) is 0 Å². The summed E-state index contributed by atoms with van der Waals surface area (Å²) >= 11 is 0. The van der Waals surface area contributed by atoms with E-state index in [1.165, 1.54) is 5.56 Å². The van der Waals surface area contributed by atoms with Crippen LogP contribution in [0.25, 0.3) is 0 Å². The molecule has 1 aliphatic rings. The normalized spacial score (nSPS) is 22.7. The lowest BCUT2D eigenvalue weighted by atomic mass is 9.58. The number of amides is 1. The lowest BCUT2D eigenvalue weighted by Crippen LogP contribution is -2.61. The average Bonchev–Trinajstić information content (AvgIpc) is 2.34. The Labute approximate surface area is 128 Å². The zero-order chi connectivity index (χ0) is 15.7.